The first-order valence-corrected chi connectivity index (χ1v) is 11.2. The Morgan fingerprint density at radius 1 is 1.34 bits per heavy atom. The van der Waals surface area contributed by atoms with Crippen molar-refractivity contribution in [1.29, 1.82) is 0 Å². The Kier molecular flexibility index (Phi) is 7.87. The summed E-state index contributed by atoms with van der Waals surface area (Å²) in [4.78, 5) is 7.12. The lowest BCUT2D eigenvalue weighted by Crippen LogP contribution is -2.66. The molecule has 29 heavy (non-hydrogen) atoms. The summed E-state index contributed by atoms with van der Waals surface area (Å²) >= 11 is 0. The Bertz CT molecular complexity index is 684. The Morgan fingerprint density at radius 2 is 2.14 bits per heavy atom. The van der Waals surface area contributed by atoms with E-state index >= 15 is 0 Å². The smallest absolute Gasteiger partial charge is 0.193 e. The standard InChI is InChI=1S/C22H37N5O.HI/c1-4-28-20-13-19(22(20)9-6-5-7-10-22)25-21(23-2)27-11-8-17(16-27)12-18-14-24-26(3)15-18;/h14-15,17,19-20H,4-13,16H2,1-3H3,(H,23,25);1H. The van der Waals surface area contributed by atoms with Crippen LogP contribution < -0.4 is 5.32 Å². The van der Waals surface area contributed by atoms with E-state index in [1.807, 2.05) is 25.0 Å². The van der Waals surface area contributed by atoms with Crippen LogP contribution in [0.5, 0.6) is 0 Å². The van der Waals surface area contributed by atoms with Gasteiger partial charge in [-0.25, -0.2) is 0 Å². The minimum absolute atomic E-state index is 0. The largest absolute Gasteiger partial charge is 0.378 e. The molecular formula is C22H38IN5O. The second kappa shape index (κ2) is 9.98. The number of ether oxygens (including phenoxy) is 1. The third-order valence-electron chi connectivity index (χ3n) is 7.32. The molecule has 2 heterocycles. The Balaban J connectivity index is 0.00000240. The molecule has 3 unspecified atom stereocenters. The van der Waals surface area contributed by atoms with Gasteiger partial charge in [-0.05, 0) is 50.5 Å². The van der Waals surface area contributed by atoms with Gasteiger partial charge in [-0.3, -0.25) is 9.67 Å². The molecule has 0 bridgehead atoms. The predicted octanol–water partition coefficient (Wildman–Crippen LogP) is 3.61. The van der Waals surface area contributed by atoms with Crippen LogP contribution in [0.2, 0.25) is 0 Å². The van der Waals surface area contributed by atoms with Gasteiger partial charge < -0.3 is 15.0 Å². The maximum absolute atomic E-state index is 6.13. The van der Waals surface area contributed by atoms with Crippen LogP contribution in [0.15, 0.2) is 17.4 Å². The molecule has 2 aliphatic carbocycles. The molecule has 6 nitrogen and oxygen atoms in total. The highest BCUT2D eigenvalue weighted by Crippen LogP contribution is 2.53. The second-order valence-electron chi connectivity index (χ2n) is 9.04. The van der Waals surface area contributed by atoms with Crippen molar-refractivity contribution in [3.8, 4) is 0 Å². The van der Waals surface area contributed by atoms with Crippen LogP contribution in [0.4, 0.5) is 0 Å². The molecule has 1 aromatic rings. The van der Waals surface area contributed by atoms with Gasteiger partial charge in [0, 0.05) is 51.4 Å². The molecule has 0 radical (unpaired) electrons. The fourth-order valence-electron chi connectivity index (χ4n) is 5.82. The zero-order valence-electron chi connectivity index (χ0n) is 18.3. The molecule has 1 spiro atoms. The van der Waals surface area contributed by atoms with Crippen LogP contribution >= 0.6 is 24.0 Å². The fourth-order valence-corrected chi connectivity index (χ4v) is 5.82. The van der Waals surface area contributed by atoms with Gasteiger partial charge in [-0.1, -0.05) is 19.3 Å². The molecule has 3 atom stereocenters. The number of aromatic nitrogens is 2. The number of aliphatic imine (C=N–C) groups is 1. The van der Waals surface area contributed by atoms with Crippen molar-refractivity contribution >= 4 is 29.9 Å². The summed E-state index contributed by atoms with van der Waals surface area (Å²) < 4.78 is 8.03. The highest BCUT2D eigenvalue weighted by molar-refractivity contribution is 14.0. The van der Waals surface area contributed by atoms with Crippen molar-refractivity contribution < 1.29 is 4.74 Å². The lowest BCUT2D eigenvalue weighted by atomic mass is 9.55. The van der Waals surface area contributed by atoms with E-state index in [9.17, 15) is 0 Å². The third kappa shape index (κ3) is 4.75. The first-order valence-electron chi connectivity index (χ1n) is 11.2. The van der Waals surface area contributed by atoms with Crippen LogP contribution in [0.3, 0.4) is 0 Å². The zero-order valence-corrected chi connectivity index (χ0v) is 20.6. The van der Waals surface area contributed by atoms with E-state index in [0.717, 1.165) is 38.5 Å². The van der Waals surface area contributed by atoms with E-state index in [0.29, 0.717) is 23.5 Å². The van der Waals surface area contributed by atoms with Crippen molar-refractivity contribution in [2.24, 2.45) is 23.4 Å². The van der Waals surface area contributed by atoms with E-state index in [4.69, 9.17) is 4.74 Å². The molecule has 1 saturated heterocycles. The lowest BCUT2D eigenvalue weighted by molar-refractivity contribution is -0.146. The molecule has 2 saturated carbocycles. The summed E-state index contributed by atoms with van der Waals surface area (Å²) in [6.07, 6.45) is 14.7. The van der Waals surface area contributed by atoms with E-state index in [-0.39, 0.29) is 24.0 Å². The Hall–Kier alpha value is -0.830. The summed E-state index contributed by atoms with van der Waals surface area (Å²) in [6, 6.07) is 0.514. The maximum atomic E-state index is 6.13. The molecule has 1 N–H and O–H groups in total. The predicted molar refractivity (Wildman–Crippen MR) is 128 cm³/mol. The first-order chi connectivity index (χ1) is 13.6. The SMILES string of the molecule is CCOC1CC(NC(=NC)N2CCC(Cc3cnn(C)c3)C2)C12CCCCC2.I. The number of aryl methyl sites for hydroxylation is 1. The number of halogens is 1. The molecule has 0 amide bonds. The van der Waals surface area contributed by atoms with Crippen molar-refractivity contribution in [3.63, 3.8) is 0 Å². The molecule has 4 rings (SSSR count). The van der Waals surface area contributed by atoms with Gasteiger partial charge in [0.15, 0.2) is 5.96 Å². The van der Waals surface area contributed by atoms with Gasteiger partial charge in [0.25, 0.3) is 0 Å². The molecule has 164 valence electrons. The number of hydrogen-bond donors (Lipinski definition) is 1. The van der Waals surface area contributed by atoms with E-state index in [1.165, 1.54) is 44.1 Å². The Morgan fingerprint density at radius 3 is 2.79 bits per heavy atom. The van der Waals surface area contributed by atoms with Crippen LogP contribution in [0.25, 0.3) is 0 Å². The summed E-state index contributed by atoms with van der Waals surface area (Å²) in [7, 11) is 3.93. The van der Waals surface area contributed by atoms with Crippen LogP contribution in [-0.4, -0.2) is 59.5 Å². The minimum Gasteiger partial charge on any atom is -0.378 e. The first kappa shape index (κ1) is 22.8. The highest BCUT2D eigenvalue weighted by atomic mass is 127. The van der Waals surface area contributed by atoms with Crippen LogP contribution in [0, 0.1) is 11.3 Å². The third-order valence-corrected chi connectivity index (χ3v) is 7.32. The molecule has 3 aliphatic rings. The molecule has 0 aromatic carbocycles. The van der Waals surface area contributed by atoms with Crippen LogP contribution in [0.1, 0.15) is 57.4 Å². The number of hydrogen-bond acceptors (Lipinski definition) is 3. The van der Waals surface area contributed by atoms with Gasteiger partial charge in [0.2, 0.25) is 0 Å². The van der Waals surface area contributed by atoms with Gasteiger partial charge >= 0.3 is 0 Å². The summed E-state index contributed by atoms with van der Waals surface area (Å²) in [6.45, 7) is 5.14. The summed E-state index contributed by atoms with van der Waals surface area (Å²) in [5.74, 6) is 1.78. The number of guanidine groups is 1. The number of nitrogens with one attached hydrogen (secondary N) is 1. The lowest BCUT2D eigenvalue weighted by Gasteiger charge is -2.58. The van der Waals surface area contributed by atoms with E-state index in [2.05, 4.69) is 33.4 Å². The molecule has 1 aromatic heterocycles. The Labute approximate surface area is 192 Å². The normalized spacial score (nSPS) is 28.9. The molecular weight excluding hydrogens is 477 g/mol. The second-order valence-corrected chi connectivity index (χ2v) is 9.04. The molecule has 1 aliphatic heterocycles. The highest BCUT2D eigenvalue weighted by Gasteiger charge is 2.56. The average Bonchev–Trinajstić information content (AvgIpc) is 3.34. The zero-order chi connectivity index (χ0) is 19.6. The minimum atomic E-state index is 0. The van der Waals surface area contributed by atoms with Gasteiger partial charge in [-0.15, -0.1) is 24.0 Å². The van der Waals surface area contributed by atoms with Gasteiger partial charge in [-0.2, -0.15) is 5.10 Å². The molecule has 7 heteroatoms. The topological polar surface area (TPSA) is 54.7 Å². The van der Waals surface area contributed by atoms with E-state index < -0.39 is 0 Å². The summed E-state index contributed by atoms with van der Waals surface area (Å²) in [5, 5.41) is 8.17. The van der Waals surface area contributed by atoms with Crippen molar-refractivity contribution in [1.82, 2.24) is 20.0 Å². The van der Waals surface area contributed by atoms with Crippen molar-refractivity contribution in [2.45, 2.75) is 70.4 Å². The van der Waals surface area contributed by atoms with Gasteiger partial charge in [0.05, 0.1) is 12.3 Å². The fraction of sp³-hybridized carbons (Fsp3) is 0.818. The number of likely N-dealkylation sites (tertiary alicyclic amines) is 1. The van der Waals surface area contributed by atoms with Crippen LogP contribution in [-0.2, 0) is 18.2 Å². The van der Waals surface area contributed by atoms with Crippen molar-refractivity contribution in [3.05, 3.63) is 18.0 Å². The average molecular weight is 515 g/mol. The quantitative estimate of drug-likeness (QED) is 0.370. The van der Waals surface area contributed by atoms with Crippen molar-refractivity contribution in [2.75, 3.05) is 26.7 Å². The van der Waals surface area contributed by atoms with E-state index in [1.54, 1.807) is 0 Å². The number of nitrogens with zero attached hydrogens (tertiary/aromatic N) is 4. The monoisotopic (exact) mass is 515 g/mol. The maximum Gasteiger partial charge on any atom is 0.193 e. The summed E-state index contributed by atoms with van der Waals surface area (Å²) in [5.41, 5.74) is 1.68. The number of rotatable bonds is 5. The van der Waals surface area contributed by atoms with Gasteiger partial charge in [0.1, 0.15) is 0 Å². The molecule has 3 fully saturated rings.